The van der Waals surface area contributed by atoms with Crippen molar-refractivity contribution in [3.05, 3.63) is 0 Å². The fourth-order valence-corrected chi connectivity index (χ4v) is 0. The Kier molecular flexibility index (Phi) is 14.6. The molecule has 0 aliphatic heterocycles. The van der Waals surface area contributed by atoms with E-state index in [1.54, 1.807) is 6.92 Å². The Morgan fingerprint density at radius 3 is 1.29 bits per heavy atom. The maximum atomic E-state index is 5.04. The predicted molar refractivity (Wildman–Crippen MR) is 36.2 cm³/mol. The van der Waals surface area contributed by atoms with Crippen LogP contribution < -0.4 is 5.32 Å². The number of hydrogen-bond donors (Lipinski definition) is 1. The van der Waals surface area contributed by atoms with Crippen LogP contribution in [0.5, 0.6) is 0 Å². The van der Waals surface area contributed by atoms with Crippen molar-refractivity contribution in [3.8, 4) is 0 Å². The van der Waals surface area contributed by atoms with Crippen molar-refractivity contribution in [2.45, 2.75) is 11.8 Å². The summed E-state index contributed by atoms with van der Waals surface area (Å²) in [5, 5.41) is 2.75. The maximum absolute atomic E-state index is 5.04. The monoisotopic (exact) mass is 143 g/mol. The van der Waals surface area contributed by atoms with E-state index in [0.717, 1.165) is 0 Å². The van der Waals surface area contributed by atoms with Crippen LogP contribution >= 0.6 is 23.2 Å². The average molecular weight is 144 g/mol. The Labute approximate surface area is 55.0 Å². The first-order valence-corrected chi connectivity index (χ1v) is 2.89. The van der Waals surface area contributed by atoms with Gasteiger partial charge in [-0.15, -0.1) is 23.2 Å². The Morgan fingerprint density at radius 2 is 1.29 bits per heavy atom. The Bertz CT molecular complexity index is 20.9. The molecule has 1 N–H and O–H groups in total. The first-order chi connectivity index (χ1) is 3.15. The molecule has 0 saturated heterocycles. The highest BCUT2D eigenvalue weighted by molar-refractivity contribution is 6.43. The summed E-state index contributed by atoms with van der Waals surface area (Å²) in [4.78, 5) is -0.222. The second-order valence-electron chi connectivity index (χ2n) is 1.02. The minimum absolute atomic E-state index is 0.222. The van der Waals surface area contributed by atoms with Crippen LogP contribution in [0.3, 0.4) is 0 Å². The molecule has 0 aromatic heterocycles. The van der Waals surface area contributed by atoms with Crippen LogP contribution in [0.2, 0.25) is 0 Å². The van der Waals surface area contributed by atoms with Crippen LogP contribution in [-0.2, 0) is 0 Å². The minimum Gasteiger partial charge on any atom is -0.323 e. The number of halogens is 2. The zero-order valence-corrected chi connectivity index (χ0v) is 6.35. The maximum Gasteiger partial charge on any atom is 0.105 e. The van der Waals surface area contributed by atoms with Gasteiger partial charge in [0.2, 0.25) is 0 Å². The molecule has 3 heteroatoms. The van der Waals surface area contributed by atoms with Gasteiger partial charge in [-0.2, -0.15) is 0 Å². The van der Waals surface area contributed by atoms with Gasteiger partial charge in [-0.3, -0.25) is 0 Å². The smallest absolute Gasteiger partial charge is 0.105 e. The van der Waals surface area contributed by atoms with Gasteiger partial charge < -0.3 is 5.32 Å². The molecule has 0 aromatic rings. The van der Waals surface area contributed by atoms with Gasteiger partial charge in [-0.25, -0.2) is 0 Å². The largest absolute Gasteiger partial charge is 0.323 e. The molecule has 0 unspecified atom stereocenters. The quantitative estimate of drug-likeness (QED) is 0.509. The number of alkyl halides is 2. The van der Waals surface area contributed by atoms with E-state index in [9.17, 15) is 0 Å². The molecule has 0 heterocycles. The molecule has 0 amide bonds. The number of nitrogens with one attached hydrogen (secondary N) is 1. The van der Waals surface area contributed by atoms with Crippen LogP contribution in [0, 0.1) is 0 Å². The molecule has 46 valence electrons. The summed E-state index contributed by atoms with van der Waals surface area (Å²) in [6, 6.07) is 0. The molecule has 0 saturated carbocycles. The summed E-state index contributed by atoms with van der Waals surface area (Å²) in [6.45, 7) is 1.70. The molecule has 0 spiro atoms. The van der Waals surface area contributed by atoms with Gasteiger partial charge in [0.25, 0.3) is 0 Å². The van der Waals surface area contributed by atoms with Gasteiger partial charge in [0.05, 0.1) is 0 Å². The van der Waals surface area contributed by atoms with Gasteiger partial charge in [-0.1, -0.05) is 0 Å². The Balaban J connectivity index is 0. The lowest BCUT2D eigenvalue weighted by atomic mass is 11.0. The third-order valence-electron chi connectivity index (χ3n) is 0. The van der Waals surface area contributed by atoms with Crippen molar-refractivity contribution in [2.75, 3.05) is 14.1 Å². The summed E-state index contributed by atoms with van der Waals surface area (Å²) in [5.41, 5.74) is 0. The highest BCUT2D eigenvalue weighted by Crippen LogP contribution is 1.95. The summed E-state index contributed by atoms with van der Waals surface area (Å²) in [5.74, 6) is 0. The van der Waals surface area contributed by atoms with Crippen molar-refractivity contribution in [2.24, 2.45) is 0 Å². The summed E-state index contributed by atoms with van der Waals surface area (Å²) in [7, 11) is 3.75. The molecule has 0 aliphatic carbocycles. The van der Waals surface area contributed by atoms with E-state index in [1.165, 1.54) is 0 Å². The second kappa shape index (κ2) is 9.74. The third kappa shape index (κ3) is 462. The zero-order chi connectivity index (χ0) is 6.28. The fourth-order valence-electron chi connectivity index (χ4n) is 0. The van der Waals surface area contributed by atoms with E-state index < -0.39 is 0 Å². The van der Waals surface area contributed by atoms with Gasteiger partial charge in [0.15, 0.2) is 0 Å². The summed E-state index contributed by atoms with van der Waals surface area (Å²) < 4.78 is 0. The normalized spacial score (nSPS) is 7.71. The Morgan fingerprint density at radius 1 is 1.29 bits per heavy atom. The van der Waals surface area contributed by atoms with E-state index in [1.807, 2.05) is 14.1 Å². The summed E-state index contributed by atoms with van der Waals surface area (Å²) >= 11 is 10.1. The van der Waals surface area contributed by atoms with E-state index in [-0.39, 0.29) is 4.84 Å². The topological polar surface area (TPSA) is 12.0 Å². The molecule has 0 aromatic carbocycles. The zero-order valence-electron chi connectivity index (χ0n) is 4.83. The van der Waals surface area contributed by atoms with Crippen molar-refractivity contribution in [1.82, 2.24) is 5.32 Å². The third-order valence-corrected chi connectivity index (χ3v) is 0. The molecule has 0 rings (SSSR count). The molecule has 0 atom stereocenters. The van der Waals surface area contributed by atoms with Crippen LogP contribution in [0.1, 0.15) is 6.92 Å². The average Bonchev–Trinajstić information content (AvgIpc) is 1.33. The van der Waals surface area contributed by atoms with Gasteiger partial charge in [-0.05, 0) is 21.0 Å². The van der Waals surface area contributed by atoms with Crippen molar-refractivity contribution in [3.63, 3.8) is 0 Å². The fraction of sp³-hybridized carbons (Fsp3) is 1.00. The standard InChI is InChI=1S/C2H4Cl2.C2H7N/c1-2(3)4;1-3-2/h2H,1H3;3H,1-2H3. The second-order valence-corrected chi connectivity index (χ2v) is 2.55. The lowest BCUT2D eigenvalue weighted by Crippen LogP contribution is -1.89. The molecular weight excluding hydrogens is 133 g/mol. The SMILES string of the molecule is CC(Cl)Cl.CNC. The highest BCUT2D eigenvalue weighted by atomic mass is 35.5. The van der Waals surface area contributed by atoms with Crippen molar-refractivity contribution < 1.29 is 0 Å². The number of rotatable bonds is 0. The predicted octanol–water partition coefficient (Wildman–Crippen LogP) is 1.65. The van der Waals surface area contributed by atoms with Crippen LogP contribution in [-0.4, -0.2) is 18.9 Å². The molecule has 1 nitrogen and oxygen atoms in total. The van der Waals surface area contributed by atoms with Crippen LogP contribution in [0.4, 0.5) is 0 Å². The lowest BCUT2D eigenvalue weighted by Gasteiger charge is -1.72. The highest BCUT2D eigenvalue weighted by Gasteiger charge is 1.75. The van der Waals surface area contributed by atoms with Gasteiger partial charge in [0, 0.05) is 0 Å². The molecule has 0 bridgehead atoms. The Hall–Kier alpha value is 0.540. The van der Waals surface area contributed by atoms with E-state index in [4.69, 9.17) is 23.2 Å². The molecular formula is C4H11Cl2N. The molecule has 7 heavy (non-hydrogen) atoms. The molecule has 0 radical (unpaired) electrons. The van der Waals surface area contributed by atoms with E-state index in [0.29, 0.717) is 0 Å². The lowest BCUT2D eigenvalue weighted by molar-refractivity contribution is 1.02. The molecule has 0 aliphatic rings. The van der Waals surface area contributed by atoms with Gasteiger partial charge >= 0.3 is 0 Å². The first kappa shape index (κ1) is 10.5. The minimum atomic E-state index is -0.222. The van der Waals surface area contributed by atoms with E-state index >= 15 is 0 Å². The van der Waals surface area contributed by atoms with E-state index in [2.05, 4.69) is 5.32 Å². The van der Waals surface area contributed by atoms with Gasteiger partial charge in [0.1, 0.15) is 4.84 Å². The first-order valence-electron chi connectivity index (χ1n) is 2.01. The van der Waals surface area contributed by atoms with Crippen LogP contribution in [0.15, 0.2) is 0 Å². The van der Waals surface area contributed by atoms with Crippen LogP contribution in [0.25, 0.3) is 0 Å². The van der Waals surface area contributed by atoms with Crippen molar-refractivity contribution in [1.29, 1.82) is 0 Å². The molecule has 0 fully saturated rings. The summed E-state index contributed by atoms with van der Waals surface area (Å²) in [6.07, 6.45) is 0. The number of hydrogen-bond acceptors (Lipinski definition) is 1. The van der Waals surface area contributed by atoms with Crippen molar-refractivity contribution >= 4 is 23.2 Å².